The van der Waals surface area contributed by atoms with Gasteiger partial charge in [0.15, 0.2) is 11.6 Å². The van der Waals surface area contributed by atoms with Crippen molar-refractivity contribution in [1.29, 1.82) is 0 Å². The molecule has 1 atom stereocenters. The summed E-state index contributed by atoms with van der Waals surface area (Å²) in [6.45, 7) is 6.41. The number of thiophene rings is 1. The minimum Gasteiger partial charge on any atom is -0.342 e. The van der Waals surface area contributed by atoms with E-state index in [0.29, 0.717) is 6.42 Å². The summed E-state index contributed by atoms with van der Waals surface area (Å²) in [7, 11) is 0. The number of aromatic amines is 1. The van der Waals surface area contributed by atoms with Crippen molar-refractivity contribution < 1.29 is 4.79 Å². The van der Waals surface area contributed by atoms with Crippen LogP contribution in [-0.4, -0.2) is 16.0 Å². The van der Waals surface area contributed by atoms with Crippen LogP contribution in [0, 0.1) is 12.3 Å². The van der Waals surface area contributed by atoms with Gasteiger partial charge in [-0.05, 0) is 35.8 Å². The number of carbonyl (C=O) groups is 1. The van der Waals surface area contributed by atoms with Gasteiger partial charge in [0.2, 0.25) is 0 Å². The maximum Gasteiger partial charge on any atom is 0.162 e. The van der Waals surface area contributed by atoms with Crippen LogP contribution in [0.1, 0.15) is 48.6 Å². The van der Waals surface area contributed by atoms with E-state index < -0.39 is 0 Å². The molecule has 4 nitrogen and oxygen atoms in total. The fraction of sp³-hybridized carbons (Fsp3) is 0.304. The molecule has 142 valence electrons. The summed E-state index contributed by atoms with van der Waals surface area (Å²) in [6, 6.07) is 12.6. The molecular formula is C23H23N3OS. The Hall–Kier alpha value is -2.66. The number of aryl methyl sites for hydroxylation is 1. The normalized spacial score (nSPS) is 20.5. The Bertz CT molecular complexity index is 1090. The van der Waals surface area contributed by atoms with E-state index in [1.165, 1.54) is 10.4 Å². The summed E-state index contributed by atoms with van der Waals surface area (Å²) in [4.78, 5) is 14.4. The molecule has 0 spiro atoms. The number of benzene rings is 1. The number of carbonyl (C=O) groups excluding carboxylic acids is 1. The van der Waals surface area contributed by atoms with Crippen LogP contribution in [0.5, 0.6) is 0 Å². The first-order valence-corrected chi connectivity index (χ1v) is 10.5. The van der Waals surface area contributed by atoms with Crippen LogP contribution in [-0.2, 0) is 4.79 Å². The molecule has 0 amide bonds. The molecule has 3 aromatic rings. The van der Waals surface area contributed by atoms with Crippen LogP contribution in [0.15, 0.2) is 53.0 Å². The first kappa shape index (κ1) is 17.4. The van der Waals surface area contributed by atoms with Crippen molar-refractivity contribution in [1.82, 2.24) is 10.2 Å². The van der Waals surface area contributed by atoms with Crippen molar-refractivity contribution in [2.24, 2.45) is 5.41 Å². The Kier molecular flexibility index (Phi) is 3.85. The molecule has 1 aromatic carbocycles. The number of anilines is 1. The predicted molar refractivity (Wildman–Crippen MR) is 114 cm³/mol. The number of H-pyrrole nitrogens is 1. The largest absolute Gasteiger partial charge is 0.342 e. The van der Waals surface area contributed by atoms with Crippen molar-refractivity contribution in [3.8, 4) is 11.3 Å². The van der Waals surface area contributed by atoms with Crippen LogP contribution in [0.2, 0.25) is 0 Å². The van der Waals surface area contributed by atoms with Crippen LogP contribution in [0.4, 0.5) is 5.82 Å². The minimum absolute atomic E-state index is 0.0312. The molecule has 0 saturated carbocycles. The van der Waals surface area contributed by atoms with Crippen LogP contribution >= 0.6 is 11.3 Å². The molecular weight excluding hydrogens is 366 g/mol. The number of allylic oxidation sites excluding steroid dienone is 2. The van der Waals surface area contributed by atoms with Gasteiger partial charge in [-0.1, -0.05) is 49.7 Å². The zero-order valence-corrected chi connectivity index (χ0v) is 17.1. The number of nitrogens with zero attached hydrogens (tertiary/aromatic N) is 1. The lowest BCUT2D eigenvalue weighted by molar-refractivity contribution is -0.118. The van der Waals surface area contributed by atoms with Gasteiger partial charge in [0.25, 0.3) is 0 Å². The molecule has 0 unspecified atom stereocenters. The van der Waals surface area contributed by atoms with Gasteiger partial charge in [-0.15, -0.1) is 11.3 Å². The lowest BCUT2D eigenvalue weighted by atomic mass is 9.70. The first-order chi connectivity index (χ1) is 13.4. The Balaban J connectivity index is 1.72. The number of hydrogen-bond donors (Lipinski definition) is 2. The van der Waals surface area contributed by atoms with Gasteiger partial charge >= 0.3 is 0 Å². The van der Waals surface area contributed by atoms with E-state index >= 15 is 0 Å². The standard InChI is InChI=1S/C23H23N3OS/c1-13-6-8-14(9-7-13)21-20-19(17-5-4-10-28-17)18-15(24-22(20)26-25-21)11-23(2,3)12-16(18)27/h4-10,19H,11-12H2,1-3H3,(H2,24,25,26)/t19-/m0/s1. The summed E-state index contributed by atoms with van der Waals surface area (Å²) in [5.41, 5.74) is 6.31. The van der Waals surface area contributed by atoms with Gasteiger partial charge in [0, 0.05) is 28.1 Å². The molecule has 0 radical (unpaired) electrons. The zero-order valence-electron chi connectivity index (χ0n) is 16.3. The fourth-order valence-electron chi connectivity index (χ4n) is 4.48. The highest BCUT2D eigenvalue weighted by Gasteiger charge is 2.43. The fourth-order valence-corrected chi connectivity index (χ4v) is 5.32. The van der Waals surface area contributed by atoms with Crippen molar-refractivity contribution in [2.45, 2.75) is 39.5 Å². The SMILES string of the molecule is Cc1ccc(-c2[nH]nc3c2[C@@H](c2cccs2)C2=C(CC(C)(C)CC2=O)N3)cc1. The smallest absolute Gasteiger partial charge is 0.162 e. The Morgan fingerprint density at radius 1 is 1.14 bits per heavy atom. The average Bonchev–Trinajstić information content (AvgIpc) is 3.29. The maximum atomic E-state index is 13.3. The van der Waals surface area contributed by atoms with Crippen LogP contribution < -0.4 is 5.32 Å². The average molecular weight is 390 g/mol. The quantitative estimate of drug-likeness (QED) is 0.596. The number of rotatable bonds is 2. The van der Waals surface area contributed by atoms with E-state index in [-0.39, 0.29) is 17.1 Å². The highest BCUT2D eigenvalue weighted by Crippen LogP contribution is 2.51. The van der Waals surface area contributed by atoms with Gasteiger partial charge < -0.3 is 5.32 Å². The van der Waals surface area contributed by atoms with Crippen molar-refractivity contribution in [3.63, 3.8) is 0 Å². The van der Waals surface area contributed by atoms with E-state index in [1.807, 2.05) is 0 Å². The number of ketones is 1. The van der Waals surface area contributed by atoms with E-state index in [2.05, 4.69) is 78.1 Å². The Morgan fingerprint density at radius 3 is 2.64 bits per heavy atom. The van der Waals surface area contributed by atoms with Gasteiger partial charge in [0.1, 0.15) is 0 Å². The van der Waals surface area contributed by atoms with Gasteiger partial charge in [-0.2, -0.15) is 5.10 Å². The first-order valence-electron chi connectivity index (χ1n) is 9.65. The number of Topliss-reactive ketones (excluding diaryl/α,β-unsaturated/α-hetero) is 1. The summed E-state index contributed by atoms with van der Waals surface area (Å²) in [5.74, 6) is 1.03. The maximum absolute atomic E-state index is 13.3. The monoisotopic (exact) mass is 389 g/mol. The third kappa shape index (κ3) is 2.73. The third-order valence-corrected chi connectivity index (χ3v) is 6.68. The van der Waals surface area contributed by atoms with Crippen LogP contribution in [0.3, 0.4) is 0 Å². The van der Waals surface area contributed by atoms with Gasteiger partial charge in [0.05, 0.1) is 11.6 Å². The van der Waals surface area contributed by atoms with E-state index in [0.717, 1.165) is 40.3 Å². The second-order valence-electron chi connectivity index (χ2n) is 8.63. The second kappa shape index (κ2) is 6.17. The third-order valence-electron chi connectivity index (χ3n) is 5.74. The van der Waals surface area contributed by atoms with Gasteiger partial charge in [-0.3, -0.25) is 9.89 Å². The molecule has 1 aliphatic heterocycles. The molecule has 0 fully saturated rings. The Morgan fingerprint density at radius 2 is 1.93 bits per heavy atom. The summed E-state index contributed by atoms with van der Waals surface area (Å²) < 4.78 is 0. The number of fused-ring (bicyclic) bond motifs is 1. The molecule has 3 heterocycles. The molecule has 0 bridgehead atoms. The van der Waals surface area contributed by atoms with Crippen molar-refractivity contribution in [3.05, 3.63) is 69.1 Å². The second-order valence-corrected chi connectivity index (χ2v) is 9.61. The lowest BCUT2D eigenvalue weighted by Gasteiger charge is -2.37. The number of hydrogen-bond acceptors (Lipinski definition) is 4. The molecule has 2 aromatic heterocycles. The number of nitrogens with one attached hydrogen (secondary N) is 2. The molecule has 1 aliphatic carbocycles. The molecule has 2 N–H and O–H groups in total. The van der Waals surface area contributed by atoms with Crippen molar-refractivity contribution >= 4 is 22.9 Å². The lowest BCUT2D eigenvalue weighted by Crippen LogP contribution is -2.33. The Labute approximate surface area is 168 Å². The van der Waals surface area contributed by atoms with E-state index in [4.69, 9.17) is 0 Å². The molecule has 5 heteroatoms. The number of aromatic nitrogens is 2. The summed E-state index contributed by atoms with van der Waals surface area (Å²) >= 11 is 1.70. The highest BCUT2D eigenvalue weighted by atomic mass is 32.1. The molecule has 0 saturated heterocycles. The minimum atomic E-state index is -0.0649. The van der Waals surface area contributed by atoms with Crippen LogP contribution in [0.25, 0.3) is 11.3 Å². The molecule has 28 heavy (non-hydrogen) atoms. The molecule has 5 rings (SSSR count). The summed E-state index contributed by atoms with van der Waals surface area (Å²) in [6.07, 6.45) is 1.45. The predicted octanol–water partition coefficient (Wildman–Crippen LogP) is 5.65. The van der Waals surface area contributed by atoms with E-state index in [1.54, 1.807) is 11.3 Å². The topological polar surface area (TPSA) is 57.8 Å². The summed E-state index contributed by atoms with van der Waals surface area (Å²) in [5, 5.41) is 13.4. The van der Waals surface area contributed by atoms with Crippen molar-refractivity contribution in [2.75, 3.05) is 5.32 Å². The highest BCUT2D eigenvalue weighted by molar-refractivity contribution is 7.10. The van der Waals surface area contributed by atoms with E-state index in [9.17, 15) is 4.79 Å². The zero-order chi connectivity index (χ0) is 19.5. The molecule has 2 aliphatic rings. The van der Waals surface area contributed by atoms with Gasteiger partial charge in [-0.25, -0.2) is 0 Å².